The van der Waals surface area contributed by atoms with Gasteiger partial charge in [0.25, 0.3) is 0 Å². The standard InChI is InChI=1S/C16H15F2N3OS/c1-16(7-14(22)21(2)15(19)20-16)13-6-10(8-23-13)9-3-4-11(17)12(18)5-9/h3-6,8H,7H2,1-2H3,(H2,19,20)/t16-/m0/s1. The molecule has 2 heterocycles. The van der Waals surface area contributed by atoms with E-state index >= 15 is 0 Å². The highest BCUT2D eigenvalue weighted by Gasteiger charge is 2.38. The van der Waals surface area contributed by atoms with Gasteiger partial charge in [-0.2, -0.15) is 0 Å². The fourth-order valence-electron chi connectivity index (χ4n) is 2.54. The third-order valence-electron chi connectivity index (χ3n) is 4.00. The maximum Gasteiger partial charge on any atom is 0.231 e. The van der Waals surface area contributed by atoms with Gasteiger partial charge in [-0.25, -0.2) is 8.78 Å². The molecule has 0 bridgehead atoms. The van der Waals surface area contributed by atoms with Crippen LogP contribution in [-0.4, -0.2) is 23.8 Å². The van der Waals surface area contributed by atoms with Crippen LogP contribution in [0.5, 0.6) is 0 Å². The van der Waals surface area contributed by atoms with E-state index in [1.54, 1.807) is 7.05 Å². The second-order valence-electron chi connectivity index (χ2n) is 5.76. The number of thiophene rings is 1. The van der Waals surface area contributed by atoms with Gasteiger partial charge in [0.15, 0.2) is 17.6 Å². The maximum atomic E-state index is 13.4. The lowest BCUT2D eigenvalue weighted by molar-refractivity contribution is -0.129. The van der Waals surface area contributed by atoms with Crippen LogP contribution in [0.4, 0.5) is 8.78 Å². The van der Waals surface area contributed by atoms with Crippen molar-refractivity contribution in [2.45, 2.75) is 18.9 Å². The molecule has 1 aliphatic heterocycles. The fraction of sp³-hybridized carbons (Fsp3) is 0.250. The summed E-state index contributed by atoms with van der Waals surface area (Å²) in [7, 11) is 1.55. The fourth-order valence-corrected chi connectivity index (χ4v) is 3.57. The first kappa shape index (κ1) is 15.6. The molecule has 1 aromatic carbocycles. The molecule has 2 N–H and O–H groups in total. The number of nitrogens with zero attached hydrogens (tertiary/aromatic N) is 1. The molecule has 2 aromatic rings. The zero-order valence-electron chi connectivity index (χ0n) is 12.6. The highest BCUT2D eigenvalue weighted by molar-refractivity contribution is 7.10. The predicted molar refractivity (Wildman–Crippen MR) is 85.3 cm³/mol. The van der Waals surface area contributed by atoms with Gasteiger partial charge < -0.3 is 5.32 Å². The number of amides is 1. The summed E-state index contributed by atoms with van der Waals surface area (Å²) in [6, 6.07) is 5.60. The smallest absolute Gasteiger partial charge is 0.231 e. The van der Waals surface area contributed by atoms with E-state index in [1.807, 2.05) is 18.4 Å². The Balaban J connectivity index is 1.93. The number of carbonyl (C=O) groups excluding carboxylic acids is 1. The maximum absolute atomic E-state index is 13.4. The summed E-state index contributed by atoms with van der Waals surface area (Å²) in [5, 5.41) is 12.7. The van der Waals surface area contributed by atoms with Crippen molar-refractivity contribution in [1.82, 2.24) is 10.2 Å². The van der Waals surface area contributed by atoms with E-state index in [9.17, 15) is 13.6 Å². The van der Waals surface area contributed by atoms with Gasteiger partial charge in [0.1, 0.15) is 0 Å². The molecule has 0 saturated carbocycles. The van der Waals surface area contributed by atoms with Crippen LogP contribution in [0.25, 0.3) is 11.1 Å². The number of benzene rings is 1. The highest BCUT2D eigenvalue weighted by atomic mass is 32.1. The molecule has 1 aromatic heterocycles. The monoisotopic (exact) mass is 335 g/mol. The molecule has 7 heteroatoms. The number of hydrogen-bond acceptors (Lipinski definition) is 3. The summed E-state index contributed by atoms with van der Waals surface area (Å²) < 4.78 is 26.4. The first-order chi connectivity index (χ1) is 10.8. The van der Waals surface area contributed by atoms with Crippen molar-refractivity contribution in [3.8, 4) is 11.1 Å². The Morgan fingerprint density at radius 2 is 2.00 bits per heavy atom. The van der Waals surface area contributed by atoms with E-state index < -0.39 is 17.2 Å². The average molecular weight is 335 g/mol. The second kappa shape index (κ2) is 5.42. The predicted octanol–water partition coefficient (Wildman–Crippen LogP) is 3.29. The Bertz CT molecular complexity index is 784. The van der Waals surface area contributed by atoms with Gasteiger partial charge in [-0.15, -0.1) is 11.3 Å². The molecule has 3 rings (SSSR count). The molecular formula is C16H15F2N3OS. The Labute approximate surface area is 136 Å². The summed E-state index contributed by atoms with van der Waals surface area (Å²) in [4.78, 5) is 14.1. The third kappa shape index (κ3) is 2.72. The SMILES string of the molecule is CN1C(=N)N[C@](C)(c2cc(-c3ccc(F)c(F)c3)cs2)CC1=O. The van der Waals surface area contributed by atoms with Gasteiger partial charge in [0, 0.05) is 11.9 Å². The summed E-state index contributed by atoms with van der Waals surface area (Å²) in [5.41, 5.74) is 0.650. The minimum atomic E-state index is -0.893. The Morgan fingerprint density at radius 3 is 2.65 bits per heavy atom. The molecule has 1 saturated heterocycles. The Hall–Kier alpha value is -2.28. The van der Waals surface area contributed by atoms with Crippen molar-refractivity contribution in [2.24, 2.45) is 0 Å². The molecular weight excluding hydrogens is 320 g/mol. The summed E-state index contributed by atoms with van der Waals surface area (Å²) >= 11 is 1.42. The van der Waals surface area contributed by atoms with Gasteiger partial charge in [-0.3, -0.25) is 15.1 Å². The lowest BCUT2D eigenvalue weighted by atomic mass is 9.92. The van der Waals surface area contributed by atoms with Crippen molar-refractivity contribution in [2.75, 3.05) is 7.05 Å². The summed E-state index contributed by atoms with van der Waals surface area (Å²) in [6.45, 7) is 1.85. The normalized spacial score (nSPS) is 21.5. The molecule has 1 amide bonds. The van der Waals surface area contributed by atoms with Crippen LogP contribution < -0.4 is 5.32 Å². The van der Waals surface area contributed by atoms with Gasteiger partial charge in [0.2, 0.25) is 5.91 Å². The number of hydrogen-bond donors (Lipinski definition) is 2. The van der Waals surface area contributed by atoms with E-state index in [0.717, 1.165) is 22.6 Å². The third-order valence-corrected chi connectivity index (χ3v) is 5.20. The van der Waals surface area contributed by atoms with Gasteiger partial charge in [-0.05, 0) is 41.6 Å². The topological polar surface area (TPSA) is 56.2 Å². The van der Waals surface area contributed by atoms with Crippen molar-refractivity contribution in [1.29, 1.82) is 5.41 Å². The molecule has 4 nitrogen and oxygen atoms in total. The summed E-state index contributed by atoms with van der Waals surface area (Å²) in [5.74, 6) is -1.87. The van der Waals surface area contributed by atoms with Crippen LogP contribution in [-0.2, 0) is 10.3 Å². The first-order valence-corrected chi connectivity index (χ1v) is 7.86. The lowest BCUT2D eigenvalue weighted by Gasteiger charge is -2.38. The van der Waals surface area contributed by atoms with Crippen molar-refractivity contribution >= 4 is 23.2 Å². The van der Waals surface area contributed by atoms with Crippen LogP contribution in [0, 0.1) is 17.0 Å². The minimum absolute atomic E-state index is 0.0477. The number of guanidine groups is 1. The Morgan fingerprint density at radius 1 is 1.26 bits per heavy atom. The highest BCUT2D eigenvalue weighted by Crippen LogP contribution is 2.36. The number of rotatable bonds is 2. The van der Waals surface area contributed by atoms with E-state index in [4.69, 9.17) is 5.41 Å². The average Bonchev–Trinajstić information content (AvgIpc) is 2.98. The zero-order chi connectivity index (χ0) is 16.8. The van der Waals surface area contributed by atoms with E-state index in [2.05, 4.69) is 5.32 Å². The summed E-state index contributed by atoms with van der Waals surface area (Å²) in [6.07, 6.45) is 0.226. The molecule has 0 aliphatic carbocycles. The molecule has 0 spiro atoms. The van der Waals surface area contributed by atoms with E-state index in [0.29, 0.717) is 5.56 Å². The number of carbonyl (C=O) groups is 1. The second-order valence-corrected chi connectivity index (χ2v) is 6.67. The first-order valence-electron chi connectivity index (χ1n) is 6.98. The molecule has 120 valence electrons. The molecule has 0 unspecified atom stereocenters. The van der Waals surface area contributed by atoms with Crippen LogP contribution in [0.3, 0.4) is 0 Å². The van der Waals surface area contributed by atoms with Crippen molar-refractivity contribution in [3.05, 3.63) is 46.2 Å². The van der Waals surface area contributed by atoms with Crippen LogP contribution in [0.2, 0.25) is 0 Å². The number of halogens is 2. The van der Waals surface area contributed by atoms with Gasteiger partial charge in [0.05, 0.1) is 12.0 Å². The van der Waals surface area contributed by atoms with Gasteiger partial charge in [-0.1, -0.05) is 6.07 Å². The molecule has 1 fully saturated rings. The minimum Gasteiger partial charge on any atom is -0.345 e. The molecule has 1 atom stereocenters. The lowest BCUT2D eigenvalue weighted by Crippen LogP contribution is -2.57. The van der Waals surface area contributed by atoms with Crippen LogP contribution >= 0.6 is 11.3 Å². The zero-order valence-corrected chi connectivity index (χ0v) is 13.4. The largest absolute Gasteiger partial charge is 0.345 e. The molecule has 0 radical (unpaired) electrons. The van der Waals surface area contributed by atoms with E-state index in [1.165, 1.54) is 22.3 Å². The van der Waals surface area contributed by atoms with Crippen molar-refractivity contribution in [3.63, 3.8) is 0 Å². The molecule has 1 aliphatic rings. The van der Waals surface area contributed by atoms with Gasteiger partial charge >= 0.3 is 0 Å². The van der Waals surface area contributed by atoms with Crippen molar-refractivity contribution < 1.29 is 13.6 Å². The van der Waals surface area contributed by atoms with E-state index in [-0.39, 0.29) is 18.3 Å². The van der Waals surface area contributed by atoms with Crippen LogP contribution in [0.15, 0.2) is 29.6 Å². The quantitative estimate of drug-likeness (QED) is 0.885. The number of nitrogens with one attached hydrogen (secondary N) is 2. The van der Waals surface area contributed by atoms with Crippen LogP contribution in [0.1, 0.15) is 18.2 Å². The molecule has 23 heavy (non-hydrogen) atoms. The Kier molecular flexibility index (Phi) is 3.68.